The van der Waals surface area contributed by atoms with Crippen molar-refractivity contribution < 1.29 is 9.90 Å². The molecule has 0 aliphatic carbocycles. The predicted octanol–water partition coefficient (Wildman–Crippen LogP) is 4.14. The number of aromatic hydroxyl groups is 1. The van der Waals surface area contributed by atoms with E-state index in [0.717, 1.165) is 15.4 Å². The Morgan fingerprint density at radius 3 is 2.86 bits per heavy atom. The number of carbonyl (C=O) groups excluding carboxylic acids is 1. The normalized spacial score (nSPS) is 10.8. The van der Waals surface area contributed by atoms with E-state index in [1.807, 2.05) is 30.5 Å². The summed E-state index contributed by atoms with van der Waals surface area (Å²) < 4.78 is 3.08. The minimum Gasteiger partial charge on any atom is -0.508 e. The van der Waals surface area contributed by atoms with Crippen molar-refractivity contribution in [2.24, 2.45) is 0 Å². The smallest absolute Gasteiger partial charge is 0.226 e. The third-order valence-electron chi connectivity index (χ3n) is 3.45. The Morgan fingerprint density at radius 2 is 2.05 bits per heavy atom. The fourth-order valence-corrected chi connectivity index (χ4v) is 2.73. The van der Waals surface area contributed by atoms with Gasteiger partial charge in [0.25, 0.3) is 0 Å². The zero-order valence-electron chi connectivity index (χ0n) is 11.8. The van der Waals surface area contributed by atoms with Crippen molar-refractivity contribution in [3.8, 4) is 5.75 Å². The van der Waals surface area contributed by atoms with Crippen LogP contribution in [0.25, 0.3) is 10.9 Å². The number of aryl methyl sites for hydroxylation is 1. The molecule has 3 rings (SSSR count). The molecule has 0 atom stereocenters. The molecule has 0 aliphatic rings. The predicted molar refractivity (Wildman–Crippen MR) is 91.0 cm³/mol. The highest BCUT2D eigenvalue weighted by Crippen LogP contribution is 2.21. The molecule has 4 nitrogen and oxygen atoms in total. The highest BCUT2D eigenvalue weighted by molar-refractivity contribution is 9.10. The van der Waals surface area contributed by atoms with Crippen molar-refractivity contribution in [1.29, 1.82) is 0 Å². The third kappa shape index (κ3) is 3.31. The average molecular weight is 359 g/mol. The maximum Gasteiger partial charge on any atom is 0.226 e. The van der Waals surface area contributed by atoms with Crippen LogP contribution in [0.1, 0.15) is 6.42 Å². The summed E-state index contributed by atoms with van der Waals surface area (Å²) in [7, 11) is 0. The van der Waals surface area contributed by atoms with Crippen LogP contribution in [0, 0.1) is 0 Å². The molecule has 1 heterocycles. The molecule has 0 radical (unpaired) electrons. The van der Waals surface area contributed by atoms with E-state index in [-0.39, 0.29) is 11.7 Å². The van der Waals surface area contributed by atoms with Gasteiger partial charge in [-0.2, -0.15) is 0 Å². The highest BCUT2D eigenvalue weighted by Gasteiger charge is 2.06. The number of aromatic nitrogens is 1. The fourth-order valence-electron chi connectivity index (χ4n) is 2.38. The first-order valence-electron chi connectivity index (χ1n) is 6.95. The molecule has 0 bridgehead atoms. The molecule has 0 saturated carbocycles. The summed E-state index contributed by atoms with van der Waals surface area (Å²) in [6, 6.07) is 14.7. The van der Waals surface area contributed by atoms with Crippen molar-refractivity contribution in [3.63, 3.8) is 0 Å². The number of nitrogens with one attached hydrogen (secondary N) is 1. The second kappa shape index (κ2) is 6.23. The van der Waals surface area contributed by atoms with Gasteiger partial charge in [0, 0.05) is 40.9 Å². The number of nitrogens with zero attached hydrogens (tertiary/aromatic N) is 1. The number of hydrogen-bond donors (Lipinski definition) is 2. The van der Waals surface area contributed by atoms with E-state index in [4.69, 9.17) is 0 Å². The van der Waals surface area contributed by atoms with E-state index in [2.05, 4.69) is 25.8 Å². The third-order valence-corrected chi connectivity index (χ3v) is 3.94. The molecule has 0 spiro atoms. The monoisotopic (exact) mass is 358 g/mol. The first-order chi connectivity index (χ1) is 10.6. The Hall–Kier alpha value is -2.27. The van der Waals surface area contributed by atoms with Crippen LogP contribution in [0.5, 0.6) is 5.75 Å². The number of rotatable bonds is 4. The number of fused-ring (bicyclic) bond motifs is 1. The highest BCUT2D eigenvalue weighted by atomic mass is 79.9. The van der Waals surface area contributed by atoms with Gasteiger partial charge < -0.3 is 15.0 Å². The number of carbonyl (C=O) groups is 1. The molecule has 1 aromatic heterocycles. The summed E-state index contributed by atoms with van der Waals surface area (Å²) in [6.45, 7) is 0.602. The van der Waals surface area contributed by atoms with Crippen LogP contribution in [0.2, 0.25) is 0 Å². The zero-order chi connectivity index (χ0) is 15.5. The van der Waals surface area contributed by atoms with Gasteiger partial charge in [-0.15, -0.1) is 0 Å². The Labute approximate surface area is 136 Å². The van der Waals surface area contributed by atoms with Gasteiger partial charge in [-0.3, -0.25) is 4.79 Å². The van der Waals surface area contributed by atoms with Crippen LogP contribution >= 0.6 is 15.9 Å². The first-order valence-corrected chi connectivity index (χ1v) is 7.74. The van der Waals surface area contributed by atoms with Crippen molar-refractivity contribution in [2.45, 2.75) is 13.0 Å². The molecular weight excluding hydrogens is 344 g/mol. The van der Waals surface area contributed by atoms with Gasteiger partial charge >= 0.3 is 0 Å². The molecule has 2 aromatic carbocycles. The van der Waals surface area contributed by atoms with E-state index < -0.39 is 0 Å². The van der Waals surface area contributed by atoms with Gasteiger partial charge in [-0.1, -0.05) is 28.1 Å². The lowest BCUT2D eigenvalue weighted by Crippen LogP contribution is -2.14. The maximum atomic E-state index is 12.0. The second-order valence-electron chi connectivity index (χ2n) is 5.06. The van der Waals surface area contributed by atoms with Crippen LogP contribution in [0.4, 0.5) is 5.69 Å². The standard InChI is InChI=1S/C17H15BrN2O2/c18-13-5-4-12-6-8-20(16(12)10-13)9-7-17(22)19-14-2-1-3-15(21)11-14/h1-6,8,10-11,21H,7,9H2,(H,19,22). The Morgan fingerprint density at radius 1 is 1.18 bits per heavy atom. The maximum absolute atomic E-state index is 12.0. The minimum atomic E-state index is -0.0811. The molecule has 0 unspecified atom stereocenters. The average Bonchev–Trinajstić information content (AvgIpc) is 2.87. The van der Waals surface area contributed by atoms with Gasteiger partial charge in [0.2, 0.25) is 5.91 Å². The van der Waals surface area contributed by atoms with Gasteiger partial charge in [0.1, 0.15) is 5.75 Å². The van der Waals surface area contributed by atoms with Crippen LogP contribution in [0.3, 0.4) is 0 Å². The van der Waals surface area contributed by atoms with Gasteiger partial charge in [0.15, 0.2) is 0 Å². The number of halogens is 1. The summed E-state index contributed by atoms with van der Waals surface area (Å²) in [5, 5.41) is 13.3. The molecule has 22 heavy (non-hydrogen) atoms. The van der Waals surface area contributed by atoms with Crippen LogP contribution in [0.15, 0.2) is 59.2 Å². The fraction of sp³-hybridized carbons (Fsp3) is 0.118. The molecule has 0 saturated heterocycles. The molecule has 0 aliphatic heterocycles. The number of phenols is 1. The molecule has 3 aromatic rings. The largest absolute Gasteiger partial charge is 0.508 e. The van der Waals surface area contributed by atoms with Gasteiger partial charge in [-0.25, -0.2) is 0 Å². The van der Waals surface area contributed by atoms with Crippen LogP contribution in [-0.4, -0.2) is 15.6 Å². The van der Waals surface area contributed by atoms with E-state index in [0.29, 0.717) is 18.7 Å². The molecule has 112 valence electrons. The summed E-state index contributed by atoms with van der Waals surface area (Å²) in [6.07, 6.45) is 2.35. The van der Waals surface area contributed by atoms with Crippen LogP contribution < -0.4 is 5.32 Å². The summed E-state index contributed by atoms with van der Waals surface area (Å²) >= 11 is 3.47. The van der Waals surface area contributed by atoms with Gasteiger partial charge in [-0.05, 0) is 35.7 Å². The lowest BCUT2D eigenvalue weighted by atomic mass is 10.2. The lowest BCUT2D eigenvalue weighted by molar-refractivity contribution is -0.116. The number of amides is 1. The van der Waals surface area contributed by atoms with Crippen molar-refractivity contribution >= 4 is 38.4 Å². The first kappa shape index (κ1) is 14.7. The number of anilines is 1. The molecule has 0 fully saturated rings. The van der Waals surface area contributed by atoms with Crippen molar-refractivity contribution in [2.75, 3.05) is 5.32 Å². The van der Waals surface area contributed by atoms with Crippen molar-refractivity contribution in [1.82, 2.24) is 4.57 Å². The van der Waals surface area contributed by atoms with E-state index in [9.17, 15) is 9.90 Å². The molecular formula is C17H15BrN2O2. The second-order valence-corrected chi connectivity index (χ2v) is 5.98. The van der Waals surface area contributed by atoms with E-state index in [1.165, 1.54) is 6.07 Å². The summed E-state index contributed by atoms with van der Waals surface area (Å²) in [4.78, 5) is 12.0. The van der Waals surface area contributed by atoms with Gasteiger partial charge in [0.05, 0.1) is 0 Å². The Kier molecular flexibility index (Phi) is 4.15. The Bertz CT molecular complexity index is 826. The quantitative estimate of drug-likeness (QED) is 0.736. The lowest BCUT2D eigenvalue weighted by Gasteiger charge is -2.08. The number of hydrogen-bond acceptors (Lipinski definition) is 2. The summed E-state index contributed by atoms with van der Waals surface area (Å²) in [5.41, 5.74) is 1.70. The Balaban J connectivity index is 1.66. The zero-order valence-corrected chi connectivity index (χ0v) is 13.4. The summed E-state index contributed by atoms with van der Waals surface area (Å²) in [5.74, 6) is 0.0569. The SMILES string of the molecule is O=C(CCn1ccc2ccc(Br)cc21)Nc1cccc(O)c1. The van der Waals surface area contributed by atoms with Crippen LogP contribution in [-0.2, 0) is 11.3 Å². The molecule has 2 N–H and O–H groups in total. The van der Waals surface area contributed by atoms with E-state index in [1.54, 1.807) is 18.2 Å². The molecule has 1 amide bonds. The number of benzene rings is 2. The number of phenolic OH excluding ortho intramolecular Hbond substituents is 1. The topological polar surface area (TPSA) is 54.3 Å². The van der Waals surface area contributed by atoms with E-state index >= 15 is 0 Å². The minimum absolute atomic E-state index is 0.0811. The van der Waals surface area contributed by atoms with Crippen molar-refractivity contribution in [3.05, 3.63) is 59.2 Å². The molecule has 5 heteroatoms.